The fraction of sp³-hybridized carbons (Fsp3) is 0.440. The smallest absolute Gasteiger partial charge is 0.324 e. The first-order valence-corrected chi connectivity index (χ1v) is 11.6. The van der Waals surface area contributed by atoms with E-state index in [0.717, 1.165) is 36.4 Å². The molecule has 6 nitrogen and oxygen atoms in total. The molecule has 1 aliphatic carbocycles. The second-order valence-electron chi connectivity index (χ2n) is 9.10. The van der Waals surface area contributed by atoms with Gasteiger partial charge in [-0.15, -0.1) is 0 Å². The molecule has 1 saturated carbocycles. The molecule has 1 aliphatic heterocycles. The van der Waals surface area contributed by atoms with Crippen LogP contribution in [-0.4, -0.2) is 61.5 Å². The van der Waals surface area contributed by atoms with Gasteiger partial charge in [0.15, 0.2) is 0 Å². The van der Waals surface area contributed by atoms with Crippen molar-refractivity contribution in [1.29, 1.82) is 0 Å². The largest absolute Gasteiger partial charge is 0.345 e. The van der Waals surface area contributed by atoms with E-state index in [0.29, 0.717) is 25.2 Å². The minimum Gasteiger partial charge on any atom is -0.345 e. The highest BCUT2D eigenvalue weighted by Crippen LogP contribution is 2.41. The lowest BCUT2D eigenvalue weighted by atomic mass is 9.68. The summed E-state index contributed by atoms with van der Waals surface area (Å²) in [6.07, 6.45) is 3.75. The van der Waals surface area contributed by atoms with Crippen LogP contribution in [0.3, 0.4) is 0 Å². The zero-order chi connectivity index (χ0) is 22.9. The van der Waals surface area contributed by atoms with Gasteiger partial charge in [-0.2, -0.15) is 0 Å². The van der Waals surface area contributed by atoms with Gasteiger partial charge in [0.25, 0.3) is 5.91 Å². The van der Waals surface area contributed by atoms with E-state index in [4.69, 9.17) is 17.3 Å². The molecule has 2 aromatic carbocycles. The standard InChI is InChI=1S/C25H31ClN4O2/c1-28(2)23(31)18-6-8-21(9-7-18)29-14-15-30(24(29)32)22-10-12-25(17-27,13-11-22)19-4-3-5-20(26)16-19/h3-9,16,22H,10-15,17,27H2,1-2H3. The van der Waals surface area contributed by atoms with E-state index in [2.05, 4.69) is 6.07 Å². The minimum absolute atomic E-state index is 0.0452. The van der Waals surface area contributed by atoms with Crippen molar-refractivity contribution in [2.45, 2.75) is 37.1 Å². The molecule has 0 spiro atoms. The van der Waals surface area contributed by atoms with Gasteiger partial charge in [0, 0.05) is 61.5 Å². The molecule has 2 aliphatic rings. The average molecular weight is 455 g/mol. The number of benzene rings is 2. The van der Waals surface area contributed by atoms with Crippen molar-refractivity contribution in [1.82, 2.24) is 9.80 Å². The van der Waals surface area contributed by atoms with Gasteiger partial charge >= 0.3 is 6.03 Å². The van der Waals surface area contributed by atoms with Gasteiger partial charge in [-0.25, -0.2) is 4.79 Å². The fourth-order valence-corrected chi connectivity index (χ4v) is 5.26. The summed E-state index contributed by atoms with van der Waals surface area (Å²) in [6.45, 7) is 1.96. The molecule has 1 saturated heterocycles. The number of rotatable bonds is 5. The number of halogens is 1. The number of anilines is 1. The first-order valence-electron chi connectivity index (χ1n) is 11.2. The molecule has 2 N–H and O–H groups in total. The van der Waals surface area contributed by atoms with Crippen molar-refractivity contribution >= 4 is 29.2 Å². The van der Waals surface area contributed by atoms with Crippen LogP contribution in [0.1, 0.15) is 41.6 Å². The molecular weight excluding hydrogens is 424 g/mol. The summed E-state index contributed by atoms with van der Waals surface area (Å²) in [5.74, 6) is -0.0452. The molecule has 1 heterocycles. The van der Waals surface area contributed by atoms with Crippen molar-refractivity contribution in [3.05, 3.63) is 64.7 Å². The van der Waals surface area contributed by atoms with Crippen LogP contribution in [0.2, 0.25) is 5.02 Å². The van der Waals surface area contributed by atoms with Crippen molar-refractivity contribution in [3.63, 3.8) is 0 Å². The van der Waals surface area contributed by atoms with Gasteiger partial charge < -0.3 is 15.5 Å². The molecule has 0 unspecified atom stereocenters. The topological polar surface area (TPSA) is 69.9 Å². The van der Waals surface area contributed by atoms with Crippen LogP contribution in [0.25, 0.3) is 0 Å². The first kappa shape index (κ1) is 22.6. The van der Waals surface area contributed by atoms with Crippen molar-refractivity contribution in [2.75, 3.05) is 38.6 Å². The van der Waals surface area contributed by atoms with Crippen molar-refractivity contribution in [3.8, 4) is 0 Å². The van der Waals surface area contributed by atoms with E-state index in [-0.39, 0.29) is 23.4 Å². The normalized spacial score (nSPS) is 23.5. The molecule has 7 heteroatoms. The number of hydrogen-bond donors (Lipinski definition) is 1. The molecule has 0 aromatic heterocycles. The molecule has 2 fully saturated rings. The summed E-state index contributed by atoms with van der Waals surface area (Å²) < 4.78 is 0. The Kier molecular flexibility index (Phi) is 6.45. The summed E-state index contributed by atoms with van der Waals surface area (Å²) >= 11 is 6.23. The monoisotopic (exact) mass is 454 g/mol. The molecule has 3 amide bonds. The third kappa shape index (κ3) is 4.21. The molecule has 0 atom stereocenters. The van der Waals surface area contributed by atoms with E-state index in [1.807, 2.05) is 40.1 Å². The van der Waals surface area contributed by atoms with E-state index in [1.54, 1.807) is 31.1 Å². The number of amides is 3. The lowest BCUT2D eigenvalue weighted by Crippen LogP contribution is -2.46. The van der Waals surface area contributed by atoms with Crippen LogP contribution >= 0.6 is 11.6 Å². The SMILES string of the molecule is CN(C)C(=O)c1ccc(N2CCN(C3CCC(CN)(c4cccc(Cl)c4)CC3)C2=O)cc1. The molecule has 170 valence electrons. The third-order valence-corrected chi connectivity index (χ3v) is 7.29. The van der Waals surface area contributed by atoms with Gasteiger partial charge in [-0.3, -0.25) is 9.69 Å². The van der Waals surface area contributed by atoms with Gasteiger partial charge in [-0.1, -0.05) is 23.7 Å². The summed E-state index contributed by atoms with van der Waals surface area (Å²) in [4.78, 5) is 30.7. The van der Waals surface area contributed by atoms with Crippen molar-refractivity contribution < 1.29 is 9.59 Å². The average Bonchev–Trinajstić information content (AvgIpc) is 3.20. The lowest BCUT2D eigenvalue weighted by molar-refractivity contribution is 0.0827. The van der Waals surface area contributed by atoms with E-state index in [1.165, 1.54) is 5.56 Å². The Hall–Kier alpha value is -2.57. The van der Waals surface area contributed by atoms with Crippen LogP contribution in [0.15, 0.2) is 48.5 Å². The molecule has 32 heavy (non-hydrogen) atoms. The third-order valence-electron chi connectivity index (χ3n) is 7.05. The highest BCUT2D eigenvalue weighted by Gasteiger charge is 2.41. The number of urea groups is 1. The molecule has 2 aromatic rings. The van der Waals surface area contributed by atoms with Gasteiger partial charge in [0.05, 0.1) is 0 Å². The number of nitrogens with two attached hydrogens (primary N) is 1. The highest BCUT2D eigenvalue weighted by atomic mass is 35.5. The maximum Gasteiger partial charge on any atom is 0.324 e. The first-order chi connectivity index (χ1) is 15.3. The lowest BCUT2D eigenvalue weighted by Gasteiger charge is -2.42. The zero-order valence-corrected chi connectivity index (χ0v) is 19.5. The Balaban J connectivity index is 1.42. The second-order valence-corrected chi connectivity index (χ2v) is 9.54. The van der Waals surface area contributed by atoms with Gasteiger partial charge in [-0.05, 0) is 67.6 Å². The van der Waals surface area contributed by atoms with Crippen LogP contribution in [0.5, 0.6) is 0 Å². The Bertz CT molecular complexity index is 984. The van der Waals surface area contributed by atoms with Crippen LogP contribution in [-0.2, 0) is 5.41 Å². The maximum atomic E-state index is 13.2. The Morgan fingerprint density at radius 1 is 1.12 bits per heavy atom. The summed E-state index contributed by atoms with van der Waals surface area (Å²) in [5.41, 5.74) is 8.82. The van der Waals surface area contributed by atoms with Crippen LogP contribution < -0.4 is 10.6 Å². The van der Waals surface area contributed by atoms with Gasteiger partial charge in [0.1, 0.15) is 0 Å². The Morgan fingerprint density at radius 2 is 1.81 bits per heavy atom. The fourth-order valence-electron chi connectivity index (χ4n) is 5.07. The maximum absolute atomic E-state index is 13.2. The summed E-state index contributed by atoms with van der Waals surface area (Å²) in [6, 6.07) is 15.6. The second kappa shape index (κ2) is 9.12. The summed E-state index contributed by atoms with van der Waals surface area (Å²) in [5, 5.41) is 0.737. The minimum atomic E-state index is -0.0708. The molecule has 0 radical (unpaired) electrons. The van der Waals surface area contributed by atoms with Crippen LogP contribution in [0.4, 0.5) is 10.5 Å². The van der Waals surface area contributed by atoms with Crippen molar-refractivity contribution in [2.24, 2.45) is 5.73 Å². The number of nitrogens with zero attached hydrogens (tertiary/aromatic N) is 3. The Morgan fingerprint density at radius 3 is 2.41 bits per heavy atom. The number of hydrogen-bond acceptors (Lipinski definition) is 3. The number of carbonyl (C=O) groups excluding carboxylic acids is 2. The van der Waals surface area contributed by atoms with Crippen LogP contribution in [0, 0.1) is 0 Å². The predicted molar refractivity (Wildman–Crippen MR) is 128 cm³/mol. The summed E-state index contributed by atoms with van der Waals surface area (Å²) in [7, 11) is 3.46. The molecule has 0 bridgehead atoms. The predicted octanol–water partition coefficient (Wildman–Crippen LogP) is 4.12. The van der Waals surface area contributed by atoms with Gasteiger partial charge in [0.2, 0.25) is 0 Å². The van der Waals surface area contributed by atoms with E-state index in [9.17, 15) is 9.59 Å². The van der Waals surface area contributed by atoms with E-state index < -0.39 is 0 Å². The highest BCUT2D eigenvalue weighted by molar-refractivity contribution is 6.30. The Labute approximate surface area is 194 Å². The molecule has 4 rings (SSSR count). The quantitative estimate of drug-likeness (QED) is 0.738. The zero-order valence-electron chi connectivity index (χ0n) is 18.8. The number of carbonyl (C=O) groups is 2. The van der Waals surface area contributed by atoms with E-state index >= 15 is 0 Å². The molecular formula is C25H31ClN4O2.